The molecule has 3 N–H and O–H groups in total. The lowest BCUT2D eigenvalue weighted by Gasteiger charge is -2.23. The van der Waals surface area contributed by atoms with Crippen molar-refractivity contribution in [2.75, 3.05) is 0 Å². The minimum absolute atomic E-state index is 0.187. The van der Waals surface area contributed by atoms with E-state index in [2.05, 4.69) is 0 Å². The van der Waals surface area contributed by atoms with Crippen molar-refractivity contribution in [3.63, 3.8) is 0 Å². The van der Waals surface area contributed by atoms with Crippen LogP contribution in [0.15, 0.2) is 29.8 Å². The minimum Gasteiger partial charge on any atom is -0.506 e. The molecule has 0 radical (unpaired) electrons. The van der Waals surface area contributed by atoms with E-state index in [1.165, 1.54) is 26.2 Å². The fourth-order valence-electron chi connectivity index (χ4n) is 2.65. The molecule has 1 fully saturated rings. The zero-order valence-corrected chi connectivity index (χ0v) is 12.6. The van der Waals surface area contributed by atoms with Gasteiger partial charge in [-0.05, 0) is 56.9 Å². The van der Waals surface area contributed by atoms with Crippen LogP contribution < -0.4 is 4.74 Å². The van der Waals surface area contributed by atoms with Gasteiger partial charge in [0.15, 0.2) is 0 Å². The molecule has 1 aliphatic carbocycles. The molecule has 118 valence electrons. The molecule has 0 aliphatic heterocycles. The normalized spacial score (nSPS) is 16.8. The molecule has 0 unspecified atom stereocenters. The second-order valence-electron chi connectivity index (χ2n) is 5.56. The van der Waals surface area contributed by atoms with Crippen LogP contribution in [-0.2, 0) is 4.79 Å². The van der Waals surface area contributed by atoms with Crippen LogP contribution in [0.1, 0.15) is 44.6 Å². The summed E-state index contributed by atoms with van der Waals surface area (Å²) in [6.45, 7) is 1.33. The number of hydrogen-bond acceptors (Lipinski definition) is 4. The fraction of sp³-hybridized carbons (Fsp3) is 0.412. The second-order valence-corrected chi connectivity index (χ2v) is 5.56. The van der Waals surface area contributed by atoms with E-state index in [1.807, 2.05) is 0 Å². The van der Waals surface area contributed by atoms with Crippen molar-refractivity contribution in [1.29, 1.82) is 5.41 Å². The molecule has 1 aliphatic rings. The zero-order valence-electron chi connectivity index (χ0n) is 12.6. The standard InChI is InChI=1S/C17H21NO4/c1-11(18)15(17(20)21)16(19)12-7-9-14(10-8-12)22-13-5-3-2-4-6-13/h7-10,13,18-19H,2-6H2,1H3,(H,20,21)/b16-15+,18-11?. The predicted octanol–water partition coefficient (Wildman–Crippen LogP) is 3.79. The molecule has 0 bridgehead atoms. The van der Waals surface area contributed by atoms with E-state index in [4.69, 9.17) is 15.3 Å². The van der Waals surface area contributed by atoms with Gasteiger partial charge in [0.25, 0.3) is 0 Å². The number of aliphatic hydroxyl groups is 1. The number of carbonyl (C=O) groups is 1. The van der Waals surface area contributed by atoms with E-state index in [0.717, 1.165) is 12.8 Å². The van der Waals surface area contributed by atoms with E-state index in [1.54, 1.807) is 24.3 Å². The number of carboxylic acid groups (broad SMARTS) is 1. The number of carboxylic acids is 1. The quantitative estimate of drug-likeness (QED) is 0.438. The SMILES string of the molecule is CC(=N)/C(C(=O)O)=C(\O)c1ccc(OC2CCCCC2)cc1. The highest BCUT2D eigenvalue weighted by atomic mass is 16.5. The van der Waals surface area contributed by atoms with Crippen molar-refractivity contribution >= 4 is 17.4 Å². The van der Waals surface area contributed by atoms with Crippen molar-refractivity contribution in [3.8, 4) is 5.75 Å². The summed E-state index contributed by atoms with van der Waals surface area (Å²) in [6.07, 6.45) is 5.99. The van der Waals surface area contributed by atoms with Crippen molar-refractivity contribution in [2.45, 2.75) is 45.1 Å². The molecule has 1 aromatic carbocycles. The lowest BCUT2D eigenvalue weighted by atomic mass is 9.98. The first-order valence-electron chi connectivity index (χ1n) is 7.48. The van der Waals surface area contributed by atoms with E-state index in [-0.39, 0.29) is 17.4 Å². The maximum absolute atomic E-state index is 11.1. The van der Waals surface area contributed by atoms with Crippen molar-refractivity contribution in [3.05, 3.63) is 35.4 Å². The summed E-state index contributed by atoms with van der Waals surface area (Å²) in [6, 6.07) is 6.66. The van der Waals surface area contributed by atoms with Crippen LogP contribution in [0.5, 0.6) is 5.75 Å². The molecule has 1 saturated carbocycles. The Labute approximate surface area is 129 Å². The van der Waals surface area contributed by atoms with Gasteiger partial charge in [-0.1, -0.05) is 6.42 Å². The first-order valence-corrected chi connectivity index (χ1v) is 7.48. The Hall–Kier alpha value is -2.30. The molecule has 0 amide bonds. The highest BCUT2D eigenvalue weighted by molar-refractivity contribution is 6.21. The molecule has 0 atom stereocenters. The molecule has 0 heterocycles. The Balaban J connectivity index is 2.15. The van der Waals surface area contributed by atoms with Crippen molar-refractivity contribution in [2.24, 2.45) is 0 Å². The van der Waals surface area contributed by atoms with Gasteiger partial charge in [-0.15, -0.1) is 0 Å². The average Bonchev–Trinajstić information content (AvgIpc) is 2.48. The average molecular weight is 303 g/mol. The molecule has 1 aromatic rings. The Morgan fingerprint density at radius 2 is 1.73 bits per heavy atom. The number of aliphatic hydroxyl groups excluding tert-OH is 1. The Kier molecular flexibility index (Phi) is 5.20. The summed E-state index contributed by atoms with van der Waals surface area (Å²) in [5.74, 6) is -0.997. The Bertz CT molecular complexity index is 567. The third-order valence-corrected chi connectivity index (χ3v) is 3.81. The van der Waals surface area contributed by atoms with E-state index in [0.29, 0.717) is 11.3 Å². The number of aliphatic carboxylic acids is 1. The van der Waals surface area contributed by atoms with E-state index < -0.39 is 11.7 Å². The highest BCUT2D eigenvalue weighted by Gasteiger charge is 2.18. The minimum atomic E-state index is -1.31. The largest absolute Gasteiger partial charge is 0.506 e. The molecule has 22 heavy (non-hydrogen) atoms. The van der Waals surface area contributed by atoms with Crippen molar-refractivity contribution < 1.29 is 19.7 Å². The Morgan fingerprint density at radius 1 is 1.14 bits per heavy atom. The molecule has 5 heteroatoms. The van der Waals surface area contributed by atoms with Crippen LogP contribution >= 0.6 is 0 Å². The third kappa shape index (κ3) is 3.87. The molecule has 5 nitrogen and oxygen atoms in total. The van der Waals surface area contributed by atoms with Crippen LogP contribution in [0.2, 0.25) is 0 Å². The smallest absolute Gasteiger partial charge is 0.341 e. The third-order valence-electron chi connectivity index (χ3n) is 3.81. The first-order chi connectivity index (χ1) is 10.5. The molecule has 2 rings (SSSR count). The van der Waals surface area contributed by atoms with Crippen LogP contribution in [0.3, 0.4) is 0 Å². The summed E-state index contributed by atoms with van der Waals surface area (Å²) in [7, 11) is 0. The first kappa shape index (κ1) is 16.1. The van der Waals surface area contributed by atoms with Gasteiger partial charge >= 0.3 is 5.97 Å². The van der Waals surface area contributed by atoms with Crippen LogP contribution in [0.4, 0.5) is 0 Å². The van der Waals surface area contributed by atoms with Gasteiger partial charge in [0, 0.05) is 11.3 Å². The molecular weight excluding hydrogens is 282 g/mol. The van der Waals surface area contributed by atoms with Gasteiger partial charge in [-0.25, -0.2) is 4.79 Å². The number of rotatable bonds is 5. The maximum atomic E-state index is 11.1. The summed E-state index contributed by atoms with van der Waals surface area (Å²) in [5.41, 5.74) is -0.214. The van der Waals surface area contributed by atoms with Crippen LogP contribution in [0.25, 0.3) is 5.76 Å². The molecular formula is C17H21NO4. The number of hydrogen-bond donors (Lipinski definition) is 3. The lowest BCUT2D eigenvalue weighted by molar-refractivity contribution is -0.132. The lowest BCUT2D eigenvalue weighted by Crippen LogP contribution is -2.19. The fourth-order valence-corrected chi connectivity index (χ4v) is 2.65. The van der Waals surface area contributed by atoms with Gasteiger partial charge in [-0.3, -0.25) is 0 Å². The second kappa shape index (κ2) is 7.11. The van der Waals surface area contributed by atoms with Gasteiger partial charge in [0.05, 0.1) is 6.10 Å². The predicted molar refractivity (Wildman–Crippen MR) is 84.5 cm³/mol. The summed E-state index contributed by atoms with van der Waals surface area (Å²) in [4.78, 5) is 11.1. The van der Waals surface area contributed by atoms with Crippen LogP contribution in [-0.4, -0.2) is 28.0 Å². The molecule has 0 spiro atoms. The number of ether oxygens (including phenoxy) is 1. The van der Waals surface area contributed by atoms with Gasteiger partial charge in [0.1, 0.15) is 17.1 Å². The monoisotopic (exact) mass is 303 g/mol. The van der Waals surface area contributed by atoms with E-state index >= 15 is 0 Å². The van der Waals surface area contributed by atoms with E-state index in [9.17, 15) is 9.90 Å². The topological polar surface area (TPSA) is 90.6 Å². The molecule has 0 saturated heterocycles. The number of nitrogens with one attached hydrogen (secondary N) is 1. The summed E-state index contributed by atoms with van der Waals surface area (Å²) in [5, 5.41) is 26.6. The van der Waals surface area contributed by atoms with Gasteiger partial charge < -0.3 is 20.4 Å². The Morgan fingerprint density at radius 3 is 2.23 bits per heavy atom. The van der Waals surface area contributed by atoms with Crippen LogP contribution in [0, 0.1) is 5.41 Å². The van der Waals surface area contributed by atoms with Gasteiger partial charge in [0.2, 0.25) is 0 Å². The zero-order chi connectivity index (χ0) is 16.1. The van der Waals surface area contributed by atoms with Gasteiger partial charge in [-0.2, -0.15) is 0 Å². The molecule has 0 aromatic heterocycles. The van der Waals surface area contributed by atoms with Crippen molar-refractivity contribution in [1.82, 2.24) is 0 Å². The summed E-state index contributed by atoms with van der Waals surface area (Å²) >= 11 is 0. The summed E-state index contributed by atoms with van der Waals surface area (Å²) < 4.78 is 5.89. The maximum Gasteiger partial charge on any atom is 0.341 e. The highest BCUT2D eigenvalue weighted by Crippen LogP contribution is 2.25. The number of benzene rings is 1.